The highest BCUT2D eigenvalue weighted by Crippen LogP contribution is 2.44. The zero-order valence-corrected chi connectivity index (χ0v) is 22.3. The summed E-state index contributed by atoms with van der Waals surface area (Å²) in [7, 11) is 0. The van der Waals surface area contributed by atoms with Gasteiger partial charge in [0.2, 0.25) is 29.5 Å². The zero-order valence-electron chi connectivity index (χ0n) is 22.3. The van der Waals surface area contributed by atoms with E-state index in [1.165, 1.54) is 31.2 Å². The molecule has 0 saturated carbocycles. The van der Waals surface area contributed by atoms with Crippen LogP contribution in [0.1, 0.15) is 6.92 Å². The topological polar surface area (TPSA) is 269 Å². The first kappa shape index (κ1) is 30.7. The fraction of sp³-hybridized carbons (Fsp3) is 0.444. The van der Waals surface area contributed by atoms with Gasteiger partial charge in [-0.15, -0.1) is 0 Å². The first-order valence-corrected chi connectivity index (χ1v) is 13.0. The molecule has 2 unspecified atom stereocenters. The molecule has 0 bridgehead atoms. The van der Waals surface area contributed by atoms with Crippen LogP contribution < -0.4 is 14.9 Å². The number of phenolic OH excluding ortho intramolecular Hbond substituents is 3. The monoisotopic (exact) mass is 610 g/mol. The molecule has 5 rings (SSSR count). The molecule has 10 atom stereocenters. The highest BCUT2D eigenvalue weighted by molar-refractivity contribution is 5.93. The molecule has 0 amide bonds. The van der Waals surface area contributed by atoms with E-state index in [1.807, 2.05) is 0 Å². The third-order valence-corrected chi connectivity index (χ3v) is 7.29. The van der Waals surface area contributed by atoms with Gasteiger partial charge in [0.15, 0.2) is 17.1 Å². The molecule has 0 radical (unpaired) electrons. The summed E-state index contributed by atoms with van der Waals surface area (Å²) >= 11 is 0. The maximum absolute atomic E-state index is 13.9. The minimum Gasteiger partial charge on any atom is -0.508 e. The largest absolute Gasteiger partial charge is 0.508 e. The van der Waals surface area contributed by atoms with Crippen molar-refractivity contribution in [2.75, 3.05) is 6.61 Å². The van der Waals surface area contributed by atoms with Gasteiger partial charge in [-0.3, -0.25) is 4.79 Å². The Kier molecular flexibility index (Phi) is 8.41. The highest BCUT2D eigenvalue weighted by atomic mass is 16.7. The molecule has 1 aromatic heterocycles. The number of hydrogen-bond acceptors (Lipinski definition) is 16. The molecule has 0 spiro atoms. The molecular weight excluding hydrogens is 580 g/mol. The Hall–Kier alpha value is -3.71. The summed E-state index contributed by atoms with van der Waals surface area (Å²) in [5.41, 5.74) is -1.61. The van der Waals surface area contributed by atoms with Crippen LogP contribution in [0, 0.1) is 0 Å². The lowest BCUT2D eigenvalue weighted by Gasteiger charge is -2.39. The van der Waals surface area contributed by atoms with Crippen LogP contribution in [0.25, 0.3) is 22.3 Å². The van der Waals surface area contributed by atoms with Gasteiger partial charge < -0.3 is 74.4 Å². The van der Waals surface area contributed by atoms with Crippen LogP contribution in [0.4, 0.5) is 0 Å². The summed E-state index contributed by atoms with van der Waals surface area (Å²) in [6.45, 7) is 0.602. The third-order valence-electron chi connectivity index (χ3n) is 7.29. The molecule has 3 aromatic rings. The zero-order chi connectivity index (χ0) is 31.3. The average Bonchev–Trinajstić information content (AvgIpc) is 2.97. The van der Waals surface area contributed by atoms with Crippen molar-refractivity contribution in [1.29, 1.82) is 0 Å². The second kappa shape index (κ2) is 11.8. The number of ether oxygens (including phenoxy) is 4. The fourth-order valence-corrected chi connectivity index (χ4v) is 4.83. The Labute approximate surface area is 241 Å². The lowest BCUT2D eigenvalue weighted by Crippen LogP contribution is -2.60. The van der Waals surface area contributed by atoms with Gasteiger partial charge in [0, 0.05) is 11.6 Å². The Morgan fingerprint density at radius 3 is 1.95 bits per heavy atom. The standard InChI is InChI=1S/C27H30O16/c1-8-15(32)18(35)20(37)26(39-8)43-25-17(34)14-11(30)6-12(31)23(24(14)41-22(25)9-2-4-10(29)5-3-9)42-27-21(38)19(36)16(33)13(7-28)40-27/h2-6,8,13,15-16,18-21,26-33,35-38H,7H2,1H3/t8-,13-,15-,16-,18+,19+,20+,21-,26?,27?/m1/s1. The molecule has 2 aromatic carbocycles. The molecule has 2 aliphatic rings. The molecule has 16 heteroatoms. The van der Waals surface area contributed by atoms with E-state index >= 15 is 0 Å². The van der Waals surface area contributed by atoms with Crippen molar-refractivity contribution in [3.8, 4) is 40.1 Å². The molecule has 10 N–H and O–H groups in total. The normalized spacial score (nSPS) is 32.9. The van der Waals surface area contributed by atoms with Crippen LogP contribution in [-0.4, -0.2) is 119 Å². The van der Waals surface area contributed by atoms with Gasteiger partial charge in [0.1, 0.15) is 59.6 Å². The van der Waals surface area contributed by atoms with E-state index in [4.69, 9.17) is 23.4 Å². The van der Waals surface area contributed by atoms with Crippen LogP contribution >= 0.6 is 0 Å². The van der Waals surface area contributed by atoms with E-state index in [2.05, 4.69) is 0 Å². The molecule has 16 nitrogen and oxygen atoms in total. The Morgan fingerprint density at radius 1 is 0.744 bits per heavy atom. The minimum atomic E-state index is -1.92. The molecule has 0 aliphatic carbocycles. The van der Waals surface area contributed by atoms with Crippen LogP contribution in [0.3, 0.4) is 0 Å². The average molecular weight is 611 g/mol. The molecular formula is C27H30O16. The van der Waals surface area contributed by atoms with E-state index in [0.717, 1.165) is 0 Å². The van der Waals surface area contributed by atoms with Crippen molar-refractivity contribution in [2.45, 2.75) is 68.3 Å². The van der Waals surface area contributed by atoms with Gasteiger partial charge in [0.25, 0.3) is 0 Å². The van der Waals surface area contributed by atoms with Crippen LogP contribution in [0.2, 0.25) is 0 Å². The number of aromatic hydroxyl groups is 3. The summed E-state index contributed by atoms with van der Waals surface area (Å²) in [6.07, 6.45) is -16.5. The molecule has 2 aliphatic heterocycles. The van der Waals surface area contributed by atoms with E-state index in [-0.39, 0.29) is 11.3 Å². The molecule has 2 fully saturated rings. The quantitative estimate of drug-likeness (QED) is 0.144. The molecule has 2 saturated heterocycles. The Bertz CT molecular complexity index is 1520. The molecule has 43 heavy (non-hydrogen) atoms. The van der Waals surface area contributed by atoms with Gasteiger partial charge in [-0.1, -0.05) is 0 Å². The second-order valence-electron chi connectivity index (χ2n) is 10.2. The number of hydrogen-bond donors (Lipinski definition) is 10. The predicted octanol–water partition coefficient (Wildman–Crippen LogP) is -2.04. The van der Waals surface area contributed by atoms with Gasteiger partial charge in [-0.05, 0) is 31.2 Å². The second-order valence-corrected chi connectivity index (χ2v) is 10.2. The first-order chi connectivity index (χ1) is 20.3. The number of benzene rings is 2. The minimum absolute atomic E-state index is 0.0901. The Morgan fingerprint density at radius 2 is 1.33 bits per heavy atom. The third kappa shape index (κ3) is 5.44. The van der Waals surface area contributed by atoms with Crippen molar-refractivity contribution in [1.82, 2.24) is 0 Å². The highest BCUT2D eigenvalue weighted by Gasteiger charge is 2.46. The van der Waals surface area contributed by atoms with Gasteiger partial charge in [0.05, 0.1) is 12.7 Å². The van der Waals surface area contributed by atoms with E-state index in [0.29, 0.717) is 6.07 Å². The maximum atomic E-state index is 13.9. The van der Waals surface area contributed by atoms with Crippen molar-refractivity contribution in [2.24, 2.45) is 0 Å². The molecule has 234 valence electrons. The van der Waals surface area contributed by atoms with E-state index < -0.39 is 113 Å². The van der Waals surface area contributed by atoms with Gasteiger partial charge in [-0.2, -0.15) is 0 Å². The summed E-state index contributed by atoms with van der Waals surface area (Å²) in [5, 5.41) is 101. The van der Waals surface area contributed by atoms with Crippen molar-refractivity contribution >= 4 is 11.0 Å². The number of aliphatic hydroxyl groups is 7. The van der Waals surface area contributed by atoms with E-state index in [1.54, 1.807) is 0 Å². The van der Waals surface area contributed by atoms with Gasteiger partial charge >= 0.3 is 0 Å². The van der Waals surface area contributed by atoms with Gasteiger partial charge in [-0.25, -0.2) is 0 Å². The van der Waals surface area contributed by atoms with Crippen molar-refractivity contribution in [3.63, 3.8) is 0 Å². The molecule has 3 heterocycles. The van der Waals surface area contributed by atoms with E-state index in [9.17, 15) is 55.9 Å². The first-order valence-electron chi connectivity index (χ1n) is 13.0. The number of aliphatic hydroxyl groups excluding tert-OH is 7. The summed E-state index contributed by atoms with van der Waals surface area (Å²) in [4.78, 5) is 13.9. The maximum Gasteiger partial charge on any atom is 0.239 e. The van der Waals surface area contributed by atoms with Crippen molar-refractivity contribution < 1.29 is 74.4 Å². The van der Waals surface area contributed by atoms with Crippen molar-refractivity contribution in [3.05, 3.63) is 40.6 Å². The SMILES string of the molecule is C[C@H]1OC(Oc2c(-c3ccc(O)cc3)oc3c(OC4O[C@H](CO)[C@@H](O)[C@H](O)[C@H]4O)c(O)cc(O)c3c2=O)[C@@H](O)[C@@H](O)[C@@H]1O. The van der Waals surface area contributed by atoms with Crippen LogP contribution in [0.5, 0.6) is 28.7 Å². The Balaban J connectivity index is 1.67. The van der Waals surface area contributed by atoms with Crippen LogP contribution in [0.15, 0.2) is 39.5 Å². The summed E-state index contributed by atoms with van der Waals surface area (Å²) in [6, 6.07) is 5.81. The fourth-order valence-electron chi connectivity index (χ4n) is 4.83. The number of fused-ring (bicyclic) bond motifs is 1. The number of phenols is 3. The smallest absolute Gasteiger partial charge is 0.239 e. The lowest BCUT2D eigenvalue weighted by molar-refractivity contribution is -0.277. The lowest BCUT2D eigenvalue weighted by atomic mass is 9.99. The summed E-state index contributed by atoms with van der Waals surface area (Å²) in [5.74, 6) is -3.51. The van der Waals surface area contributed by atoms with Crippen LogP contribution in [-0.2, 0) is 9.47 Å². The summed E-state index contributed by atoms with van der Waals surface area (Å²) < 4.78 is 27.9. The number of rotatable bonds is 6. The predicted molar refractivity (Wildman–Crippen MR) is 140 cm³/mol.